The van der Waals surface area contributed by atoms with Crippen LogP contribution in [-0.2, 0) is 13.0 Å². The summed E-state index contributed by atoms with van der Waals surface area (Å²) in [5.74, 6) is 1.45. The number of aryl methyl sites for hydroxylation is 1. The third-order valence-corrected chi connectivity index (χ3v) is 7.21. The van der Waals surface area contributed by atoms with Gasteiger partial charge in [-0.05, 0) is 79.7 Å². The van der Waals surface area contributed by atoms with E-state index in [0.29, 0.717) is 24.2 Å². The second-order valence-electron chi connectivity index (χ2n) is 9.31. The van der Waals surface area contributed by atoms with Gasteiger partial charge in [0.05, 0.1) is 20.8 Å². The first-order valence-corrected chi connectivity index (χ1v) is 12.8. The van der Waals surface area contributed by atoms with Gasteiger partial charge < -0.3 is 24.7 Å². The topological polar surface area (TPSA) is 66.6 Å². The van der Waals surface area contributed by atoms with Crippen molar-refractivity contribution in [2.24, 2.45) is 0 Å². The monoisotopic (exact) mass is 493 g/mol. The summed E-state index contributed by atoms with van der Waals surface area (Å²) in [5.41, 5.74) is 3.88. The number of pyridine rings is 1. The molecule has 0 aliphatic heterocycles. The third kappa shape index (κ3) is 6.14. The van der Waals surface area contributed by atoms with Crippen LogP contribution in [0.4, 0.5) is 0 Å². The molecule has 1 heterocycles. The van der Waals surface area contributed by atoms with Crippen LogP contribution in [0.25, 0.3) is 10.9 Å². The Bertz CT molecular complexity index is 1230. The van der Waals surface area contributed by atoms with E-state index in [0.717, 1.165) is 52.8 Å². The van der Waals surface area contributed by atoms with Gasteiger partial charge in [-0.2, -0.15) is 0 Å². The van der Waals surface area contributed by atoms with Crippen LogP contribution in [0.5, 0.6) is 11.5 Å². The summed E-state index contributed by atoms with van der Waals surface area (Å²) < 4.78 is 10.8. The van der Waals surface area contributed by atoms with Crippen molar-refractivity contribution in [2.75, 3.05) is 20.8 Å². The van der Waals surface area contributed by atoms with Gasteiger partial charge >= 0.3 is 0 Å². The molecular weight excluding hydrogens is 458 g/mol. The molecule has 0 spiro atoms. The summed E-state index contributed by atoms with van der Waals surface area (Å²) in [5, 5.41) is 5.21. The number of nitrogens with one attached hydrogen (secondary N) is 2. The fraction of sp³-hybridized carbons (Fsp3) is 0.429. The van der Waals surface area contributed by atoms with Crippen molar-refractivity contribution in [1.82, 2.24) is 15.2 Å². The molecule has 1 aliphatic carbocycles. The minimum atomic E-state index is -0.0460. The minimum Gasteiger partial charge on any atom is -0.493 e. The number of H-pyrrole nitrogens is 1. The van der Waals surface area contributed by atoms with Gasteiger partial charge in [0.15, 0.2) is 16.6 Å². The van der Waals surface area contributed by atoms with Crippen LogP contribution in [0.3, 0.4) is 0 Å². The van der Waals surface area contributed by atoms with Crippen molar-refractivity contribution in [2.45, 2.75) is 58.0 Å². The summed E-state index contributed by atoms with van der Waals surface area (Å²) in [4.78, 5) is 18.2. The highest BCUT2D eigenvalue weighted by atomic mass is 32.1. The first-order valence-electron chi connectivity index (χ1n) is 12.4. The summed E-state index contributed by atoms with van der Waals surface area (Å²) >= 11 is 5.88. The van der Waals surface area contributed by atoms with Crippen molar-refractivity contribution < 1.29 is 9.47 Å². The van der Waals surface area contributed by atoms with Gasteiger partial charge in [-0.25, -0.2) is 0 Å². The lowest BCUT2D eigenvalue weighted by Gasteiger charge is -2.36. The molecule has 2 N–H and O–H groups in total. The Labute approximate surface area is 212 Å². The lowest BCUT2D eigenvalue weighted by atomic mass is 9.94. The average molecular weight is 494 g/mol. The molecule has 0 bridgehead atoms. The molecular formula is C28H35N3O3S. The smallest absolute Gasteiger partial charge is 0.253 e. The van der Waals surface area contributed by atoms with Crippen LogP contribution in [-0.4, -0.2) is 41.8 Å². The lowest BCUT2D eigenvalue weighted by Crippen LogP contribution is -2.47. The van der Waals surface area contributed by atoms with E-state index < -0.39 is 0 Å². The Balaban J connectivity index is 1.49. The quantitative estimate of drug-likeness (QED) is 0.426. The first-order chi connectivity index (χ1) is 17.0. The summed E-state index contributed by atoms with van der Waals surface area (Å²) in [6.45, 7) is 3.27. The van der Waals surface area contributed by atoms with E-state index >= 15 is 0 Å². The van der Waals surface area contributed by atoms with Gasteiger partial charge in [0.25, 0.3) is 5.56 Å². The van der Waals surface area contributed by atoms with Crippen molar-refractivity contribution in [3.8, 4) is 11.5 Å². The number of methoxy groups -OCH3 is 2. The minimum absolute atomic E-state index is 0.0460. The highest BCUT2D eigenvalue weighted by Gasteiger charge is 2.24. The molecule has 4 rings (SSSR count). The molecule has 1 fully saturated rings. The Kier molecular flexibility index (Phi) is 8.29. The van der Waals surface area contributed by atoms with Crippen molar-refractivity contribution in [3.05, 3.63) is 69.5 Å². The number of aromatic amines is 1. The zero-order valence-electron chi connectivity index (χ0n) is 20.9. The average Bonchev–Trinajstić information content (AvgIpc) is 2.88. The van der Waals surface area contributed by atoms with Crippen LogP contribution in [0.2, 0.25) is 0 Å². The highest BCUT2D eigenvalue weighted by Crippen LogP contribution is 2.28. The van der Waals surface area contributed by atoms with E-state index in [2.05, 4.69) is 28.2 Å². The van der Waals surface area contributed by atoms with Crippen LogP contribution in [0.15, 0.2) is 47.3 Å². The summed E-state index contributed by atoms with van der Waals surface area (Å²) in [6.07, 6.45) is 6.66. The van der Waals surface area contributed by atoms with Gasteiger partial charge in [0.1, 0.15) is 0 Å². The number of fused-ring (bicyclic) bond motifs is 1. The van der Waals surface area contributed by atoms with Crippen LogP contribution in [0, 0.1) is 6.92 Å². The molecule has 186 valence electrons. The summed E-state index contributed by atoms with van der Waals surface area (Å²) in [7, 11) is 3.28. The van der Waals surface area contributed by atoms with Gasteiger partial charge in [-0.15, -0.1) is 0 Å². The molecule has 7 heteroatoms. The van der Waals surface area contributed by atoms with Crippen molar-refractivity contribution in [1.29, 1.82) is 0 Å². The maximum Gasteiger partial charge on any atom is 0.253 e. The van der Waals surface area contributed by atoms with Crippen LogP contribution < -0.4 is 20.3 Å². The number of aromatic nitrogens is 1. The number of rotatable bonds is 8. The number of nitrogens with zero attached hydrogens (tertiary/aromatic N) is 1. The largest absolute Gasteiger partial charge is 0.493 e. The van der Waals surface area contributed by atoms with E-state index in [-0.39, 0.29) is 5.56 Å². The van der Waals surface area contributed by atoms with E-state index in [1.807, 2.05) is 36.4 Å². The van der Waals surface area contributed by atoms with E-state index in [1.54, 1.807) is 14.2 Å². The molecule has 2 aromatic carbocycles. The molecule has 0 radical (unpaired) electrons. The van der Waals surface area contributed by atoms with Crippen molar-refractivity contribution >= 4 is 28.2 Å². The van der Waals surface area contributed by atoms with Gasteiger partial charge in [0, 0.05) is 23.7 Å². The third-order valence-electron chi connectivity index (χ3n) is 6.83. The molecule has 0 amide bonds. The van der Waals surface area contributed by atoms with Crippen molar-refractivity contribution in [3.63, 3.8) is 0 Å². The molecule has 0 atom stereocenters. The number of ether oxygens (including phenoxy) is 2. The Hall–Kier alpha value is -3.06. The zero-order chi connectivity index (χ0) is 24.8. The van der Waals surface area contributed by atoms with Crippen LogP contribution >= 0.6 is 12.2 Å². The van der Waals surface area contributed by atoms with Gasteiger partial charge in [-0.3, -0.25) is 4.79 Å². The molecule has 35 heavy (non-hydrogen) atoms. The van der Waals surface area contributed by atoms with E-state index in [9.17, 15) is 4.79 Å². The number of hydrogen-bond acceptors (Lipinski definition) is 4. The molecule has 0 unspecified atom stereocenters. The molecule has 0 saturated heterocycles. The predicted molar refractivity (Wildman–Crippen MR) is 146 cm³/mol. The molecule has 1 saturated carbocycles. The second-order valence-corrected chi connectivity index (χ2v) is 9.69. The number of hydrogen-bond donors (Lipinski definition) is 2. The molecule has 6 nitrogen and oxygen atoms in total. The Morgan fingerprint density at radius 2 is 1.83 bits per heavy atom. The fourth-order valence-electron chi connectivity index (χ4n) is 4.88. The second kappa shape index (κ2) is 11.6. The lowest BCUT2D eigenvalue weighted by molar-refractivity contribution is 0.234. The zero-order valence-corrected chi connectivity index (χ0v) is 21.7. The maximum absolute atomic E-state index is 12.9. The number of benzene rings is 2. The summed E-state index contributed by atoms with van der Waals surface area (Å²) in [6, 6.07) is 14.4. The number of thiocarbonyl (C=S) groups is 1. The molecule has 1 aromatic heterocycles. The van der Waals surface area contributed by atoms with Gasteiger partial charge in [0.2, 0.25) is 0 Å². The molecule has 3 aromatic rings. The standard InChI is InChI=1S/C28H35N3O3S/c1-19-9-11-24-21(15-19)17-22(27(32)30-24)18-31(23-7-5-4-6-8-23)28(35)29-14-13-20-10-12-25(33-2)26(16-20)34-3/h9-12,15-17,23H,4-8,13-14,18H2,1-3H3,(H,29,35)(H,30,32). The highest BCUT2D eigenvalue weighted by molar-refractivity contribution is 7.80. The Morgan fingerprint density at radius 3 is 2.57 bits per heavy atom. The van der Waals surface area contributed by atoms with Crippen LogP contribution in [0.1, 0.15) is 48.8 Å². The Morgan fingerprint density at radius 1 is 1.06 bits per heavy atom. The van der Waals surface area contributed by atoms with E-state index in [4.69, 9.17) is 21.7 Å². The van der Waals surface area contributed by atoms with Gasteiger partial charge in [-0.1, -0.05) is 37.0 Å². The predicted octanol–water partition coefficient (Wildman–Crippen LogP) is 5.11. The SMILES string of the molecule is COc1ccc(CCNC(=S)N(Cc2cc3cc(C)ccc3[nH]c2=O)C2CCCCC2)cc1OC. The molecule has 1 aliphatic rings. The maximum atomic E-state index is 12.9. The fourth-order valence-corrected chi connectivity index (χ4v) is 5.20. The normalized spacial score (nSPS) is 14.0. The first kappa shape index (κ1) is 25.0. The van der Waals surface area contributed by atoms with E-state index in [1.165, 1.54) is 24.8 Å².